The van der Waals surface area contributed by atoms with E-state index in [9.17, 15) is 14.9 Å². The van der Waals surface area contributed by atoms with E-state index in [-0.39, 0.29) is 16.2 Å². The van der Waals surface area contributed by atoms with E-state index in [2.05, 4.69) is 31.0 Å². The molecule has 0 amide bonds. The summed E-state index contributed by atoms with van der Waals surface area (Å²) in [6.45, 7) is 3.71. The number of esters is 1. The van der Waals surface area contributed by atoms with Crippen LogP contribution in [0.1, 0.15) is 27.7 Å². The van der Waals surface area contributed by atoms with Gasteiger partial charge in [0, 0.05) is 46.5 Å². The lowest BCUT2D eigenvalue weighted by atomic mass is 9.96. The molecule has 3 aromatic carbocycles. The fourth-order valence-electron chi connectivity index (χ4n) is 3.59. The van der Waals surface area contributed by atoms with Crippen molar-refractivity contribution in [2.24, 2.45) is 0 Å². The van der Waals surface area contributed by atoms with Crippen LogP contribution in [0.15, 0.2) is 78.9 Å². The molecule has 0 aliphatic rings. The average molecular weight is 443 g/mol. The third-order valence-electron chi connectivity index (χ3n) is 5.35. The number of fused-ring (bicyclic) bond motifs is 1. The van der Waals surface area contributed by atoms with Gasteiger partial charge in [0.15, 0.2) is 20.1 Å². The van der Waals surface area contributed by atoms with Crippen molar-refractivity contribution < 1.29 is 14.5 Å². The molecule has 1 heterocycles. The van der Waals surface area contributed by atoms with Crippen molar-refractivity contribution in [1.29, 1.82) is 0 Å². The number of non-ortho nitro benzene ring substituents is 1. The van der Waals surface area contributed by atoms with E-state index in [1.54, 1.807) is 19.1 Å². The van der Waals surface area contributed by atoms with E-state index >= 15 is 0 Å². The second-order valence-corrected chi connectivity index (χ2v) is 9.66. The van der Waals surface area contributed by atoms with E-state index < -0.39 is 16.5 Å². The molecule has 2 atom stereocenters. The molecule has 0 spiro atoms. The Morgan fingerprint density at radius 1 is 1.06 bits per heavy atom. The van der Waals surface area contributed by atoms with Crippen molar-refractivity contribution >= 4 is 32.2 Å². The van der Waals surface area contributed by atoms with Crippen LogP contribution in [0.2, 0.25) is 0 Å². The van der Waals surface area contributed by atoms with Crippen molar-refractivity contribution in [1.82, 2.24) is 0 Å². The quantitative estimate of drug-likeness (QED) is 0.116. The van der Waals surface area contributed by atoms with E-state index in [1.807, 2.05) is 24.3 Å². The summed E-state index contributed by atoms with van der Waals surface area (Å²) >= 11 is 0. The summed E-state index contributed by atoms with van der Waals surface area (Å²) in [5.41, 5.74) is -0.542. The Hall–Kier alpha value is -3.95. The Labute approximate surface area is 188 Å². The van der Waals surface area contributed by atoms with Crippen molar-refractivity contribution in [3.63, 3.8) is 0 Å². The molecular formula is C26H20NO4S+. The molecule has 1 aromatic heterocycles. The highest BCUT2D eigenvalue weighted by molar-refractivity contribution is 7.45. The molecule has 5 nitrogen and oxygen atoms in total. The number of nitro benzene ring substituents is 1. The normalized spacial score (nSPS) is 13.2. The zero-order chi connectivity index (χ0) is 22.9. The summed E-state index contributed by atoms with van der Waals surface area (Å²) in [5, 5.41) is 12.1. The Morgan fingerprint density at radius 2 is 1.72 bits per heavy atom. The number of terminal acetylenes is 1. The lowest BCUT2D eigenvalue weighted by molar-refractivity contribution is -0.384. The predicted octanol–water partition coefficient (Wildman–Crippen LogP) is 6.50. The molecule has 0 bridgehead atoms. The fraction of sp³-hybridized carbons (Fsp3) is 0.115. The first kappa shape index (κ1) is 21.3. The molecule has 6 heteroatoms. The zero-order valence-electron chi connectivity index (χ0n) is 17.6. The van der Waals surface area contributed by atoms with Crippen LogP contribution in [0.25, 0.3) is 15.0 Å². The first-order valence-electron chi connectivity index (χ1n) is 9.90. The number of nitro groups is 1. The van der Waals surface area contributed by atoms with Gasteiger partial charge >= 0.3 is 5.97 Å². The van der Waals surface area contributed by atoms with Crippen LogP contribution >= 0.6 is 10.5 Å². The number of thiophene rings is 1. The van der Waals surface area contributed by atoms with Gasteiger partial charge in [0.1, 0.15) is 0 Å². The standard InChI is InChI=1S/C26H20NO4S/c1-4-26(3,21-11-13-22(14-12-21)27(29)30)31-25(28)19-9-15-23(16-10-19)32-18(2)17-20-7-5-6-8-24(20)32/h1,5-17H,2-3H3/q+1. The number of nitrogens with zero attached hydrogens (tertiary/aromatic N) is 1. The van der Waals surface area contributed by atoms with E-state index in [0.717, 1.165) is 4.90 Å². The highest BCUT2D eigenvalue weighted by Gasteiger charge is 2.30. The van der Waals surface area contributed by atoms with Crippen molar-refractivity contribution in [2.45, 2.75) is 19.4 Å². The molecule has 4 rings (SSSR count). The Morgan fingerprint density at radius 3 is 2.34 bits per heavy atom. The summed E-state index contributed by atoms with van der Waals surface area (Å²) in [7, 11) is -0.167. The van der Waals surface area contributed by atoms with Gasteiger partial charge in [0.25, 0.3) is 5.69 Å². The number of carbonyl (C=O) groups is 1. The second-order valence-electron chi connectivity index (χ2n) is 7.49. The molecule has 2 unspecified atom stereocenters. The van der Waals surface area contributed by atoms with Crippen LogP contribution in [0.3, 0.4) is 0 Å². The molecule has 0 aliphatic carbocycles. The highest BCUT2D eigenvalue weighted by atomic mass is 32.2. The Balaban J connectivity index is 1.59. The largest absolute Gasteiger partial charge is 0.438 e. The average Bonchev–Trinajstić information content (AvgIpc) is 3.14. The van der Waals surface area contributed by atoms with Crippen molar-refractivity contribution in [3.05, 3.63) is 105 Å². The lowest BCUT2D eigenvalue weighted by Gasteiger charge is -2.24. The molecular weight excluding hydrogens is 422 g/mol. The molecule has 0 saturated heterocycles. The zero-order valence-corrected chi connectivity index (χ0v) is 18.4. The van der Waals surface area contributed by atoms with Crippen molar-refractivity contribution in [2.75, 3.05) is 0 Å². The van der Waals surface area contributed by atoms with Gasteiger partial charge in [-0.2, -0.15) is 0 Å². The maximum absolute atomic E-state index is 12.8. The molecule has 0 aliphatic heterocycles. The van der Waals surface area contributed by atoms with Crippen LogP contribution in [0.4, 0.5) is 5.69 Å². The van der Waals surface area contributed by atoms with Gasteiger partial charge in [-0.05, 0) is 55.5 Å². The van der Waals surface area contributed by atoms with Crippen LogP contribution < -0.4 is 0 Å². The van der Waals surface area contributed by atoms with E-state index in [1.165, 1.54) is 39.2 Å². The second kappa shape index (κ2) is 8.29. The molecule has 0 N–H and O–H groups in total. The number of hydrogen-bond donors (Lipinski definition) is 0. The van der Waals surface area contributed by atoms with Gasteiger partial charge in [-0.1, -0.05) is 18.1 Å². The third kappa shape index (κ3) is 3.86. The molecule has 158 valence electrons. The van der Waals surface area contributed by atoms with Gasteiger partial charge in [-0.3, -0.25) is 10.1 Å². The molecule has 0 radical (unpaired) electrons. The minimum Gasteiger partial charge on any atom is -0.438 e. The minimum atomic E-state index is -1.35. The maximum Gasteiger partial charge on any atom is 0.339 e. The van der Waals surface area contributed by atoms with Gasteiger partial charge in [-0.15, -0.1) is 6.42 Å². The number of hydrogen-bond acceptors (Lipinski definition) is 4. The fourth-order valence-corrected chi connectivity index (χ4v) is 5.80. The highest BCUT2D eigenvalue weighted by Crippen LogP contribution is 2.43. The Kier molecular flexibility index (Phi) is 5.52. The van der Waals surface area contributed by atoms with Crippen molar-refractivity contribution in [3.8, 4) is 17.2 Å². The van der Waals surface area contributed by atoms with E-state index in [4.69, 9.17) is 11.2 Å². The van der Waals surface area contributed by atoms with Crippen LogP contribution in [0.5, 0.6) is 0 Å². The predicted molar refractivity (Wildman–Crippen MR) is 127 cm³/mol. The van der Waals surface area contributed by atoms with Gasteiger partial charge < -0.3 is 4.74 Å². The lowest BCUT2D eigenvalue weighted by Crippen LogP contribution is -2.27. The number of carbonyl (C=O) groups excluding carboxylic acids is 1. The SMILES string of the molecule is C#CC(C)(OC(=O)c1ccc(-[s+]2c(C)cc3ccccc32)cc1)c1ccc([N+](=O)[O-])cc1. The van der Waals surface area contributed by atoms with E-state index in [0.29, 0.717) is 11.1 Å². The molecule has 32 heavy (non-hydrogen) atoms. The number of ether oxygens (including phenoxy) is 1. The van der Waals surface area contributed by atoms with Gasteiger partial charge in [0.2, 0.25) is 0 Å². The number of rotatable bonds is 5. The minimum absolute atomic E-state index is 0.0614. The summed E-state index contributed by atoms with van der Waals surface area (Å²) in [5.74, 6) is 1.94. The topological polar surface area (TPSA) is 69.4 Å². The number of aryl methyl sites for hydroxylation is 1. The van der Waals surface area contributed by atoms with Crippen LogP contribution in [0, 0.1) is 29.4 Å². The van der Waals surface area contributed by atoms with Crippen LogP contribution in [-0.2, 0) is 10.3 Å². The first-order chi connectivity index (χ1) is 15.3. The summed E-state index contributed by atoms with van der Waals surface area (Å²) < 4.78 is 6.92. The number of benzene rings is 3. The maximum atomic E-state index is 12.8. The van der Waals surface area contributed by atoms with Gasteiger partial charge in [0.05, 0.1) is 10.5 Å². The molecule has 4 aromatic rings. The monoisotopic (exact) mass is 442 g/mol. The molecule has 0 saturated carbocycles. The molecule has 0 fully saturated rings. The summed E-state index contributed by atoms with van der Waals surface area (Å²) in [6, 6.07) is 23.6. The summed E-state index contributed by atoms with van der Waals surface area (Å²) in [6.07, 6.45) is 5.66. The Bertz CT molecular complexity index is 1360. The smallest absolute Gasteiger partial charge is 0.339 e. The first-order valence-corrected chi connectivity index (χ1v) is 11.1. The summed E-state index contributed by atoms with van der Waals surface area (Å²) in [4.78, 5) is 25.6. The van der Waals surface area contributed by atoms with Gasteiger partial charge in [-0.25, -0.2) is 4.79 Å². The third-order valence-corrected chi connectivity index (χ3v) is 7.66. The van der Waals surface area contributed by atoms with Crippen LogP contribution in [-0.4, -0.2) is 10.9 Å².